The van der Waals surface area contributed by atoms with E-state index in [1.54, 1.807) is 15.9 Å². The zero-order valence-corrected chi connectivity index (χ0v) is 23.6. The van der Waals surface area contributed by atoms with E-state index < -0.39 is 0 Å². The molecule has 198 valence electrons. The Morgan fingerprint density at radius 3 is 2.66 bits per heavy atom. The van der Waals surface area contributed by atoms with Crippen LogP contribution in [0.1, 0.15) is 47.8 Å². The molecule has 0 radical (unpaired) electrons. The third-order valence-electron chi connectivity index (χ3n) is 6.79. The lowest BCUT2D eigenvalue weighted by atomic mass is 10.0. The first-order valence-electron chi connectivity index (χ1n) is 13.2. The fraction of sp³-hybridized carbons (Fsp3) is 0.367. The van der Waals surface area contributed by atoms with Crippen LogP contribution in [0.4, 0.5) is 0 Å². The maximum atomic E-state index is 14.0. The highest BCUT2D eigenvalue weighted by atomic mass is 32.2. The minimum atomic E-state index is -0.280. The summed E-state index contributed by atoms with van der Waals surface area (Å²) in [5.41, 5.74) is 4.23. The summed E-state index contributed by atoms with van der Waals surface area (Å²) >= 11 is 2.88. The highest BCUT2D eigenvalue weighted by Gasteiger charge is 2.26. The van der Waals surface area contributed by atoms with Gasteiger partial charge in [0.05, 0.1) is 23.4 Å². The Bertz CT molecular complexity index is 1460. The largest absolute Gasteiger partial charge is 0.465 e. The second kappa shape index (κ2) is 12.3. The highest BCUT2D eigenvalue weighted by Crippen LogP contribution is 2.34. The van der Waals surface area contributed by atoms with Gasteiger partial charge in [-0.1, -0.05) is 79.6 Å². The van der Waals surface area contributed by atoms with Gasteiger partial charge in [0, 0.05) is 24.5 Å². The number of benzene rings is 2. The predicted octanol–water partition coefficient (Wildman–Crippen LogP) is 6.14. The molecule has 1 aliphatic rings. The normalized spacial score (nSPS) is 13.5. The molecule has 3 heterocycles. The van der Waals surface area contributed by atoms with E-state index in [1.165, 1.54) is 22.2 Å². The summed E-state index contributed by atoms with van der Waals surface area (Å²) < 4.78 is 7.06. The first-order chi connectivity index (χ1) is 18.5. The molecule has 8 heteroatoms. The van der Waals surface area contributed by atoms with Crippen molar-refractivity contribution in [1.82, 2.24) is 14.5 Å². The molecule has 5 rings (SSSR count). The lowest BCUT2D eigenvalue weighted by molar-refractivity contribution is -0.140. The van der Waals surface area contributed by atoms with Crippen LogP contribution >= 0.6 is 23.1 Å². The van der Waals surface area contributed by atoms with Crippen molar-refractivity contribution in [2.75, 3.05) is 18.9 Å². The Morgan fingerprint density at radius 1 is 1.11 bits per heavy atom. The molecule has 6 nitrogen and oxygen atoms in total. The van der Waals surface area contributed by atoms with Gasteiger partial charge in [-0.25, -0.2) is 4.98 Å². The van der Waals surface area contributed by atoms with Gasteiger partial charge in [-0.15, -0.1) is 11.3 Å². The number of aromatic nitrogens is 2. The number of hydrogen-bond acceptors (Lipinski definition) is 7. The molecule has 0 bridgehead atoms. The number of rotatable bonds is 10. The smallest absolute Gasteiger partial charge is 0.316 e. The van der Waals surface area contributed by atoms with Crippen molar-refractivity contribution in [2.24, 2.45) is 0 Å². The standard InChI is InChI=1S/C30H33N3O3S2/c1-3-4-8-17-36-26(34)20-37-30-31-28-27(29(35)33(30)23-13-11-21(2)12-14-23)24-15-16-32(19-25(24)38-28)18-22-9-6-5-7-10-22/h5-7,9-14H,3-4,8,15-20H2,1-2H3. The fourth-order valence-corrected chi connectivity index (χ4v) is 6.89. The topological polar surface area (TPSA) is 64.4 Å². The van der Waals surface area contributed by atoms with Crippen molar-refractivity contribution in [3.63, 3.8) is 0 Å². The van der Waals surface area contributed by atoms with Crippen molar-refractivity contribution >= 4 is 39.3 Å². The maximum absolute atomic E-state index is 14.0. The number of carbonyl (C=O) groups is 1. The molecule has 0 N–H and O–H groups in total. The van der Waals surface area contributed by atoms with Gasteiger partial charge < -0.3 is 4.74 Å². The van der Waals surface area contributed by atoms with Crippen molar-refractivity contribution in [3.8, 4) is 5.69 Å². The van der Waals surface area contributed by atoms with Gasteiger partial charge in [0.15, 0.2) is 5.16 Å². The number of ether oxygens (including phenoxy) is 1. The average molecular weight is 548 g/mol. The van der Waals surface area contributed by atoms with Gasteiger partial charge >= 0.3 is 5.97 Å². The first kappa shape index (κ1) is 26.7. The van der Waals surface area contributed by atoms with E-state index in [0.29, 0.717) is 11.8 Å². The van der Waals surface area contributed by atoms with Crippen LogP contribution in [0.5, 0.6) is 0 Å². The van der Waals surface area contributed by atoms with Gasteiger partial charge in [0.2, 0.25) is 0 Å². The molecular weight excluding hydrogens is 514 g/mol. The second-order valence-corrected chi connectivity index (χ2v) is 11.7. The monoisotopic (exact) mass is 547 g/mol. The molecule has 38 heavy (non-hydrogen) atoms. The summed E-state index contributed by atoms with van der Waals surface area (Å²) in [4.78, 5) is 35.8. The molecule has 1 aliphatic heterocycles. The number of esters is 1. The second-order valence-electron chi connectivity index (χ2n) is 9.72. The summed E-state index contributed by atoms with van der Waals surface area (Å²) in [5, 5.41) is 1.24. The fourth-order valence-electron chi connectivity index (χ4n) is 4.77. The predicted molar refractivity (Wildman–Crippen MR) is 155 cm³/mol. The van der Waals surface area contributed by atoms with E-state index in [9.17, 15) is 9.59 Å². The molecule has 0 unspecified atom stereocenters. The van der Waals surface area contributed by atoms with Gasteiger partial charge in [0.25, 0.3) is 5.56 Å². The van der Waals surface area contributed by atoms with Crippen LogP contribution in [0, 0.1) is 6.92 Å². The number of thiophene rings is 1. The maximum Gasteiger partial charge on any atom is 0.316 e. The Kier molecular flexibility index (Phi) is 8.61. The molecule has 0 fully saturated rings. The molecule has 0 atom stereocenters. The average Bonchev–Trinajstić information content (AvgIpc) is 3.29. The van der Waals surface area contributed by atoms with Crippen LogP contribution in [0.3, 0.4) is 0 Å². The van der Waals surface area contributed by atoms with Crippen LogP contribution in [0.15, 0.2) is 64.5 Å². The van der Waals surface area contributed by atoms with E-state index in [-0.39, 0.29) is 17.3 Å². The van der Waals surface area contributed by atoms with Crippen molar-refractivity contribution in [2.45, 2.75) is 57.8 Å². The van der Waals surface area contributed by atoms with E-state index in [0.717, 1.165) is 72.3 Å². The highest BCUT2D eigenvalue weighted by molar-refractivity contribution is 7.99. The van der Waals surface area contributed by atoms with E-state index >= 15 is 0 Å². The number of carbonyl (C=O) groups excluding carboxylic acids is 1. The summed E-state index contributed by atoms with van der Waals surface area (Å²) in [5.74, 6) is -0.163. The third kappa shape index (κ3) is 6.03. The molecule has 2 aromatic heterocycles. The Balaban J connectivity index is 1.45. The number of nitrogens with zero attached hydrogens (tertiary/aromatic N) is 3. The Morgan fingerprint density at radius 2 is 1.89 bits per heavy atom. The van der Waals surface area contributed by atoms with Gasteiger partial charge in [-0.2, -0.15) is 0 Å². The molecule has 0 amide bonds. The molecule has 2 aromatic carbocycles. The zero-order valence-electron chi connectivity index (χ0n) is 21.9. The van der Waals surface area contributed by atoms with E-state index in [1.807, 2.05) is 37.3 Å². The first-order valence-corrected chi connectivity index (χ1v) is 15.0. The number of unbranched alkanes of at least 4 members (excludes halogenated alkanes) is 2. The zero-order chi connectivity index (χ0) is 26.5. The lowest BCUT2D eigenvalue weighted by Crippen LogP contribution is -2.30. The summed E-state index contributed by atoms with van der Waals surface area (Å²) in [6, 6.07) is 18.4. The number of fused-ring (bicyclic) bond motifs is 3. The van der Waals surface area contributed by atoms with E-state index in [2.05, 4.69) is 36.1 Å². The minimum absolute atomic E-state index is 0.0633. The Hall–Kier alpha value is -2.94. The van der Waals surface area contributed by atoms with E-state index in [4.69, 9.17) is 9.72 Å². The van der Waals surface area contributed by atoms with Gasteiger partial charge in [-0.05, 0) is 43.0 Å². The number of aryl methyl sites for hydroxylation is 1. The van der Waals surface area contributed by atoms with Crippen molar-refractivity contribution in [1.29, 1.82) is 0 Å². The van der Waals surface area contributed by atoms with Crippen LogP contribution in [-0.2, 0) is 29.0 Å². The van der Waals surface area contributed by atoms with Crippen LogP contribution < -0.4 is 5.56 Å². The van der Waals surface area contributed by atoms with Crippen molar-refractivity contribution in [3.05, 3.63) is 86.5 Å². The van der Waals surface area contributed by atoms with Crippen molar-refractivity contribution < 1.29 is 9.53 Å². The van der Waals surface area contributed by atoms with Crippen LogP contribution in [0.2, 0.25) is 0 Å². The molecule has 0 saturated heterocycles. The lowest BCUT2D eigenvalue weighted by Gasteiger charge is -2.26. The Labute approximate surface area is 231 Å². The summed E-state index contributed by atoms with van der Waals surface area (Å²) in [6.45, 7) is 7.17. The number of hydrogen-bond donors (Lipinski definition) is 0. The summed E-state index contributed by atoms with van der Waals surface area (Å²) in [7, 11) is 0. The number of thioether (sulfide) groups is 1. The molecular formula is C30H33N3O3S2. The van der Waals surface area contributed by atoms with Crippen LogP contribution in [-0.4, -0.2) is 39.3 Å². The third-order valence-corrected chi connectivity index (χ3v) is 8.82. The summed E-state index contributed by atoms with van der Waals surface area (Å²) in [6.07, 6.45) is 3.81. The molecule has 0 aliphatic carbocycles. The van der Waals surface area contributed by atoms with Gasteiger partial charge in [-0.3, -0.25) is 19.1 Å². The minimum Gasteiger partial charge on any atom is -0.465 e. The molecule has 0 saturated carbocycles. The van der Waals surface area contributed by atoms with Crippen LogP contribution in [0.25, 0.3) is 15.9 Å². The molecule has 0 spiro atoms. The SMILES string of the molecule is CCCCCOC(=O)CSc1nc2sc3c(c2c(=O)n1-c1ccc(C)cc1)CCN(Cc1ccccc1)C3. The van der Waals surface area contributed by atoms with Gasteiger partial charge in [0.1, 0.15) is 4.83 Å². The quantitative estimate of drug-likeness (QED) is 0.103. The molecule has 4 aromatic rings.